The van der Waals surface area contributed by atoms with E-state index in [1.807, 2.05) is 0 Å². The number of aryl methyl sites for hydroxylation is 1. The van der Waals surface area contributed by atoms with E-state index in [-0.39, 0.29) is 10.8 Å². The molecule has 0 fully saturated rings. The van der Waals surface area contributed by atoms with Gasteiger partial charge in [-0.15, -0.1) is 0 Å². The minimum atomic E-state index is -0.167. The van der Waals surface area contributed by atoms with E-state index in [0.29, 0.717) is 7.28 Å². The Morgan fingerprint density at radius 3 is 2.00 bits per heavy atom. The zero-order chi connectivity index (χ0) is 44.9. The average Bonchev–Trinajstić information content (AvgIpc) is 3.82. The summed E-state index contributed by atoms with van der Waals surface area (Å²) in [6.07, 6.45) is 0. The molecule has 0 saturated carbocycles. The van der Waals surface area contributed by atoms with E-state index >= 15 is 0 Å². The van der Waals surface area contributed by atoms with Gasteiger partial charge in [-0.25, -0.2) is 0 Å². The van der Waals surface area contributed by atoms with Gasteiger partial charge in [0.05, 0.1) is 17.0 Å². The van der Waals surface area contributed by atoms with Crippen molar-refractivity contribution in [3.8, 4) is 44.5 Å². The van der Waals surface area contributed by atoms with Crippen LogP contribution in [0.3, 0.4) is 0 Å². The zero-order valence-corrected chi connectivity index (χ0v) is 38.5. The van der Waals surface area contributed by atoms with E-state index < -0.39 is 0 Å². The monoisotopic (exact) mass is 850 g/mol. The topological polar surface area (TPSA) is 28.4 Å². The number of nitrogens with one attached hydrogen (secondary N) is 1. The summed E-state index contributed by atoms with van der Waals surface area (Å²) in [4.78, 5) is 2.53. The summed E-state index contributed by atoms with van der Waals surface area (Å²) in [5, 5.41) is 7.40. The highest BCUT2D eigenvalue weighted by molar-refractivity contribution is 6.73. The fraction of sp³-hybridized carbons (Fsp3) is 0.129. The molecule has 0 radical (unpaired) electrons. The van der Waals surface area contributed by atoms with Crippen molar-refractivity contribution in [2.24, 2.45) is 0 Å². The highest BCUT2D eigenvalue weighted by atomic mass is 16.3. The van der Waals surface area contributed by atoms with E-state index in [4.69, 9.17) is 4.42 Å². The largest absolute Gasteiger partial charge is 0.468 e. The number of benzene rings is 9. The summed E-state index contributed by atoms with van der Waals surface area (Å²) in [5.74, 6) is 0. The van der Waals surface area contributed by atoms with Crippen molar-refractivity contribution in [1.82, 2.24) is 0 Å². The van der Waals surface area contributed by atoms with E-state index in [1.54, 1.807) is 0 Å². The van der Waals surface area contributed by atoms with E-state index in [9.17, 15) is 0 Å². The Morgan fingerprint density at radius 1 is 0.530 bits per heavy atom. The molecular formula is C62H51BN2O. The number of anilines is 5. The Bertz CT molecular complexity index is 3540. The molecular weight excluding hydrogens is 800 g/mol. The molecule has 0 bridgehead atoms. The van der Waals surface area contributed by atoms with Gasteiger partial charge < -0.3 is 14.6 Å². The van der Waals surface area contributed by atoms with Crippen LogP contribution in [0.25, 0.3) is 66.2 Å². The maximum Gasteiger partial charge on any atom is 0.244 e. The van der Waals surface area contributed by atoms with Crippen molar-refractivity contribution in [2.75, 3.05) is 10.2 Å². The Morgan fingerprint density at radius 2 is 1.23 bits per heavy atom. The molecule has 318 valence electrons. The third-order valence-corrected chi connectivity index (χ3v) is 14.3. The van der Waals surface area contributed by atoms with Crippen LogP contribution in [-0.4, -0.2) is 7.28 Å². The first-order chi connectivity index (χ1) is 32.0. The van der Waals surface area contributed by atoms with E-state index in [1.165, 1.54) is 83.3 Å². The fourth-order valence-electron chi connectivity index (χ4n) is 10.8. The van der Waals surface area contributed by atoms with Gasteiger partial charge in [-0.2, -0.15) is 0 Å². The molecule has 2 heterocycles. The Balaban J connectivity index is 1.12. The molecule has 4 heteroatoms. The van der Waals surface area contributed by atoms with Gasteiger partial charge in [-0.3, -0.25) is 0 Å². The molecule has 12 rings (SSSR count). The summed E-state index contributed by atoms with van der Waals surface area (Å²) >= 11 is 0. The van der Waals surface area contributed by atoms with Gasteiger partial charge in [-0.1, -0.05) is 174 Å². The van der Waals surface area contributed by atoms with Crippen molar-refractivity contribution in [2.45, 2.75) is 52.4 Å². The molecule has 0 saturated heterocycles. The fourth-order valence-corrected chi connectivity index (χ4v) is 10.8. The molecule has 2 aliphatic rings. The summed E-state index contributed by atoms with van der Waals surface area (Å²) in [6, 6.07) is 69.2. The Hall–Kier alpha value is -7.56. The van der Waals surface area contributed by atoms with Gasteiger partial charge in [0.1, 0.15) is 5.58 Å². The SMILES string of the molecule is Cc1cc(-c2cc3c(cc2Nc2ccc(-c4ccccc4)cc2)C(C)(C)c2ccccc2-3)c2c(c1)N(c1ccc(C(C)(C)C)cc1-c1ccccc1)c1c(oc3c1ccc1ccccc13)B2. The third kappa shape index (κ3) is 6.42. The lowest BCUT2D eigenvalue weighted by atomic mass is 9.61. The molecule has 1 N–H and O–H groups in total. The second-order valence-corrected chi connectivity index (χ2v) is 19.9. The van der Waals surface area contributed by atoms with Crippen molar-refractivity contribution >= 4 is 68.6 Å². The minimum Gasteiger partial charge on any atom is -0.468 e. The Kier molecular flexibility index (Phi) is 9.09. The summed E-state index contributed by atoms with van der Waals surface area (Å²) in [5.41, 5.74) is 23.4. The van der Waals surface area contributed by atoms with Crippen LogP contribution in [0.15, 0.2) is 192 Å². The molecule has 0 amide bonds. The van der Waals surface area contributed by atoms with Crippen molar-refractivity contribution < 1.29 is 4.42 Å². The van der Waals surface area contributed by atoms with E-state index in [2.05, 4.69) is 240 Å². The normalized spacial score (nSPS) is 13.5. The lowest BCUT2D eigenvalue weighted by Gasteiger charge is -2.35. The zero-order valence-electron chi connectivity index (χ0n) is 38.5. The quantitative estimate of drug-likeness (QED) is 0.169. The van der Waals surface area contributed by atoms with E-state index in [0.717, 1.165) is 44.8 Å². The van der Waals surface area contributed by atoms with Gasteiger partial charge in [0, 0.05) is 44.4 Å². The van der Waals surface area contributed by atoms with Crippen LogP contribution in [-0.2, 0) is 10.8 Å². The second-order valence-electron chi connectivity index (χ2n) is 19.9. The molecule has 3 nitrogen and oxygen atoms in total. The molecule has 1 aromatic heterocycles. The van der Waals surface area contributed by atoms with Crippen molar-refractivity contribution in [3.63, 3.8) is 0 Å². The van der Waals surface area contributed by atoms with Crippen LogP contribution in [0.4, 0.5) is 28.4 Å². The Labute approximate surface area is 388 Å². The van der Waals surface area contributed by atoms with Crippen molar-refractivity contribution in [3.05, 3.63) is 210 Å². The molecule has 0 spiro atoms. The summed E-state index contributed by atoms with van der Waals surface area (Å²) in [7, 11) is 0.644. The number of nitrogens with zero attached hydrogens (tertiary/aromatic N) is 1. The molecule has 0 atom stereocenters. The van der Waals surface area contributed by atoms with Crippen LogP contribution in [0.2, 0.25) is 0 Å². The highest BCUT2D eigenvalue weighted by Crippen LogP contribution is 2.53. The maximum absolute atomic E-state index is 7.22. The maximum atomic E-state index is 7.22. The van der Waals surface area contributed by atoms with Gasteiger partial charge in [-0.05, 0) is 127 Å². The first-order valence-electron chi connectivity index (χ1n) is 23.3. The average molecular weight is 851 g/mol. The summed E-state index contributed by atoms with van der Waals surface area (Å²) in [6.45, 7) is 13.9. The van der Waals surface area contributed by atoms with Crippen LogP contribution < -0.4 is 21.3 Å². The van der Waals surface area contributed by atoms with Gasteiger partial charge in [0.25, 0.3) is 0 Å². The molecule has 10 aromatic rings. The number of hydrogen-bond acceptors (Lipinski definition) is 3. The van der Waals surface area contributed by atoms with Crippen LogP contribution in [0, 0.1) is 6.92 Å². The van der Waals surface area contributed by atoms with Gasteiger partial charge >= 0.3 is 0 Å². The van der Waals surface area contributed by atoms with Gasteiger partial charge in [0.2, 0.25) is 7.28 Å². The molecule has 1 aliphatic heterocycles. The first-order valence-corrected chi connectivity index (χ1v) is 23.3. The van der Waals surface area contributed by atoms with Gasteiger partial charge in [0.15, 0.2) is 0 Å². The minimum absolute atomic E-state index is 0.0376. The number of furan rings is 1. The first kappa shape index (κ1) is 40.0. The molecule has 0 unspecified atom stereocenters. The molecule has 66 heavy (non-hydrogen) atoms. The number of hydrogen-bond donors (Lipinski definition) is 1. The lowest BCUT2D eigenvalue weighted by molar-refractivity contribution is 0.590. The molecule has 1 aliphatic carbocycles. The van der Waals surface area contributed by atoms with Crippen LogP contribution in [0.5, 0.6) is 0 Å². The standard InChI is InChI=1S/C62H51BN2O/c1-38-33-51(50-36-49-46-23-15-16-24-52(46)62(5,6)53(49)37-54(50)64-44-29-25-40(26-30-44)39-17-9-7-10-18-39)57-56(34-38)65(55-32-28-43(61(2,3)4)35-48(55)41-19-11-8-12-20-41)58-47-31-27-42-21-13-14-22-45(42)59(47)66-60(58)63-57/h7-37,63-64H,1-6H3. The number of rotatable bonds is 6. The van der Waals surface area contributed by atoms with Crippen molar-refractivity contribution in [1.29, 1.82) is 0 Å². The lowest BCUT2D eigenvalue weighted by Crippen LogP contribution is -2.40. The number of fused-ring (bicyclic) bond motifs is 9. The second kappa shape index (κ2) is 15.0. The predicted octanol–water partition coefficient (Wildman–Crippen LogP) is 15.4. The van der Waals surface area contributed by atoms with Crippen LogP contribution >= 0.6 is 0 Å². The smallest absolute Gasteiger partial charge is 0.244 e. The third-order valence-electron chi connectivity index (χ3n) is 14.3. The summed E-state index contributed by atoms with van der Waals surface area (Å²) < 4.78 is 7.22. The van der Waals surface area contributed by atoms with Crippen LogP contribution in [0.1, 0.15) is 56.9 Å². The molecule has 9 aromatic carbocycles. The highest BCUT2D eigenvalue weighted by Gasteiger charge is 2.38. The predicted molar refractivity (Wildman–Crippen MR) is 282 cm³/mol.